The summed E-state index contributed by atoms with van der Waals surface area (Å²) in [5.74, 6) is -1.69. The summed E-state index contributed by atoms with van der Waals surface area (Å²) in [4.78, 5) is 23.7. The van der Waals surface area contributed by atoms with Crippen LogP contribution in [-0.2, 0) is 19.1 Å². The van der Waals surface area contributed by atoms with Crippen LogP contribution in [0.4, 0.5) is 0 Å². The molecule has 0 aromatic rings. The maximum absolute atomic E-state index is 12.4. The summed E-state index contributed by atoms with van der Waals surface area (Å²) in [6, 6.07) is 0. The fourth-order valence-electron chi connectivity index (χ4n) is 3.38. The summed E-state index contributed by atoms with van der Waals surface area (Å²) < 4.78 is 10.8. The van der Waals surface area contributed by atoms with Gasteiger partial charge in [-0.2, -0.15) is 0 Å². The molecular formula is C15H25NO5. The highest BCUT2D eigenvalue weighted by Gasteiger charge is 2.43. The molecule has 0 aromatic carbocycles. The van der Waals surface area contributed by atoms with E-state index >= 15 is 0 Å². The molecule has 1 aliphatic carbocycles. The number of rotatable bonds is 6. The zero-order valence-electron chi connectivity index (χ0n) is 12.8. The molecule has 1 aliphatic heterocycles. The minimum atomic E-state index is -0.864. The molecule has 1 heterocycles. The van der Waals surface area contributed by atoms with Crippen LogP contribution in [0.5, 0.6) is 0 Å². The molecule has 1 saturated heterocycles. The van der Waals surface area contributed by atoms with Gasteiger partial charge in [0.05, 0.1) is 18.4 Å². The van der Waals surface area contributed by atoms with Gasteiger partial charge in [0.2, 0.25) is 5.91 Å². The van der Waals surface area contributed by atoms with Crippen molar-refractivity contribution in [1.29, 1.82) is 0 Å². The minimum Gasteiger partial charge on any atom is -0.481 e. The summed E-state index contributed by atoms with van der Waals surface area (Å²) in [7, 11) is 1.61. The fraction of sp³-hybridized carbons (Fsp3) is 0.867. The number of amides is 1. The van der Waals surface area contributed by atoms with Gasteiger partial charge >= 0.3 is 5.97 Å². The van der Waals surface area contributed by atoms with Crippen LogP contribution in [0.1, 0.15) is 32.6 Å². The Balaban J connectivity index is 1.94. The van der Waals surface area contributed by atoms with Crippen molar-refractivity contribution in [2.24, 2.45) is 17.8 Å². The lowest BCUT2D eigenvalue weighted by molar-refractivity contribution is -0.146. The van der Waals surface area contributed by atoms with Crippen molar-refractivity contribution in [2.75, 3.05) is 26.9 Å². The number of carboxylic acids is 1. The van der Waals surface area contributed by atoms with E-state index in [4.69, 9.17) is 9.47 Å². The molecule has 4 unspecified atom stereocenters. The first-order chi connectivity index (χ1) is 10.0. The number of hydrogen-bond donors (Lipinski definition) is 2. The third-order valence-corrected chi connectivity index (χ3v) is 4.98. The van der Waals surface area contributed by atoms with Gasteiger partial charge in [-0.15, -0.1) is 0 Å². The maximum atomic E-state index is 12.4. The van der Waals surface area contributed by atoms with Crippen molar-refractivity contribution in [1.82, 2.24) is 5.32 Å². The molecule has 2 rings (SSSR count). The number of carboxylic acid groups (broad SMARTS) is 1. The Kier molecular flexibility index (Phi) is 5.22. The Morgan fingerprint density at radius 1 is 1.38 bits per heavy atom. The van der Waals surface area contributed by atoms with E-state index in [2.05, 4.69) is 5.32 Å². The average Bonchev–Trinajstić information content (AvgIpc) is 3.12. The van der Waals surface area contributed by atoms with Gasteiger partial charge in [0.25, 0.3) is 0 Å². The second kappa shape index (κ2) is 6.75. The van der Waals surface area contributed by atoms with Crippen LogP contribution >= 0.6 is 0 Å². The van der Waals surface area contributed by atoms with Crippen molar-refractivity contribution < 1.29 is 24.2 Å². The Morgan fingerprint density at radius 2 is 2.10 bits per heavy atom. The topological polar surface area (TPSA) is 84.9 Å². The molecule has 120 valence electrons. The molecule has 1 saturated carbocycles. The van der Waals surface area contributed by atoms with Gasteiger partial charge in [-0.05, 0) is 18.8 Å². The van der Waals surface area contributed by atoms with Crippen LogP contribution in [-0.4, -0.2) is 49.5 Å². The minimum absolute atomic E-state index is 0.165. The lowest BCUT2D eigenvalue weighted by Gasteiger charge is -2.27. The Bertz CT molecular complexity index is 392. The lowest BCUT2D eigenvalue weighted by atomic mass is 9.94. The highest BCUT2D eigenvalue weighted by molar-refractivity contribution is 5.85. The Labute approximate surface area is 125 Å². The SMILES string of the molecule is CCC1CC(C(=O)O)C(C(=O)NCC2(OC)CCOC2)C1. The largest absolute Gasteiger partial charge is 0.481 e. The van der Waals surface area contributed by atoms with Gasteiger partial charge < -0.3 is 19.9 Å². The summed E-state index contributed by atoms with van der Waals surface area (Å²) in [6.45, 7) is 3.51. The predicted molar refractivity (Wildman–Crippen MR) is 75.8 cm³/mol. The van der Waals surface area contributed by atoms with E-state index < -0.39 is 23.4 Å². The number of nitrogens with one attached hydrogen (secondary N) is 1. The molecule has 0 bridgehead atoms. The average molecular weight is 299 g/mol. The van der Waals surface area contributed by atoms with Gasteiger partial charge in [0.15, 0.2) is 0 Å². The molecular weight excluding hydrogens is 274 g/mol. The Morgan fingerprint density at radius 3 is 2.62 bits per heavy atom. The fourth-order valence-corrected chi connectivity index (χ4v) is 3.38. The molecule has 0 spiro atoms. The van der Waals surface area contributed by atoms with Crippen molar-refractivity contribution in [3.05, 3.63) is 0 Å². The van der Waals surface area contributed by atoms with Crippen LogP contribution < -0.4 is 5.32 Å². The van der Waals surface area contributed by atoms with E-state index in [9.17, 15) is 14.7 Å². The summed E-state index contributed by atoms with van der Waals surface area (Å²) in [5.41, 5.74) is -0.461. The smallest absolute Gasteiger partial charge is 0.307 e. The summed E-state index contributed by atoms with van der Waals surface area (Å²) >= 11 is 0. The third kappa shape index (κ3) is 3.55. The number of hydrogen-bond acceptors (Lipinski definition) is 4. The number of carbonyl (C=O) groups excluding carboxylic acids is 1. The number of methoxy groups -OCH3 is 1. The zero-order valence-corrected chi connectivity index (χ0v) is 12.8. The predicted octanol–water partition coefficient (Wildman–Crippen LogP) is 1.05. The third-order valence-electron chi connectivity index (χ3n) is 4.98. The molecule has 0 aromatic heterocycles. The molecule has 0 radical (unpaired) electrons. The second-order valence-electron chi connectivity index (χ2n) is 6.20. The van der Waals surface area contributed by atoms with Crippen molar-refractivity contribution >= 4 is 11.9 Å². The summed E-state index contributed by atoms with van der Waals surface area (Å²) in [5, 5.41) is 12.2. The van der Waals surface area contributed by atoms with Crippen LogP contribution in [0.15, 0.2) is 0 Å². The molecule has 4 atom stereocenters. The normalized spacial score (nSPS) is 35.8. The van der Waals surface area contributed by atoms with E-state index in [1.165, 1.54) is 0 Å². The van der Waals surface area contributed by atoms with E-state index in [-0.39, 0.29) is 5.91 Å². The van der Waals surface area contributed by atoms with E-state index in [1.54, 1.807) is 7.11 Å². The monoisotopic (exact) mass is 299 g/mol. The maximum Gasteiger partial charge on any atom is 0.307 e. The highest BCUT2D eigenvalue weighted by Crippen LogP contribution is 2.38. The summed E-state index contributed by atoms with van der Waals surface area (Å²) in [6.07, 6.45) is 2.93. The van der Waals surface area contributed by atoms with Crippen LogP contribution in [0.3, 0.4) is 0 Å². The van der Waals surface area contributed by atoms with E-state index in [1.807, 2.05) is 6.92 Å². The van der Waals surface area contributed by atoms with Crippen LogP contribution in [0.25, 0.3) is 0 Å². The number of aliphatic carboxylic acids is 1. The van der Waals surface area contributed by atoms with Gasteiger partial charge in [-0.25, -0.2) is 0 Å². The standard InChI is InChI=1S/C15H25NO5/c1-3-10-6-11(12(7-10)14(18)19)13(17)16-8-15(20-2)4-5-21-9-15/h10-12H,3-9H2,1-2H3,(H,16,17)(H,18,19). The second-order valence-corrected chi connectivity index (χ2v) is 6.20. The first kappa shape index (κ1) is 16.2. The molecule has 2 fully saturated rings. The lowest BCUT2D eigenvalue weighted by Crippen LogP contribution is -2.47. The number of ether oxygens (including phenoxy) is 2. The zero-order chi connectivity index (χ0) is 15.5. The van der Waals surface area contributed by atoms with Crippen molar-refractivity contribution in [2.45, 2.75) is 38.2 Å². The number of carbonyl (C=O) groups is 2. The van der Waals surface area contributed by atoms with Crippen molar-refractivity contribution in [3.8, 4) is 0 Å². The molecule has 2 aliphatic rings. The molecule has 6 heteroatoms. The first-order valence-corrected chi connectivity index (χ1v) is 7.64. The van der Waals surface area contributed by atoms with E-state index in [0.717, 1.165) is 12.8 Å². The van der Waals surface area contributed by atoms with E-state index in [0.29, 0.717) is 38.5 Å². The van der Waals surface area contributed by atoms with Gasteiger partial charge in [0, 0.05) is 26.7 Å². The van der Waals surface area contributed by atoms with Crippen LogP contribution in [0, 0.1) is 17.8 Å². The highest BCUT2D eigenvalue weighted by atomic mass is 16.5. The van der Waals surface area contributed by atoms with Gasteiger partial charge in [0.1, 0.15) is 5.60 Å². The first-order valence-electron chi connectivity index (χ1n) is 7.64. The molecule has 6 nitrogen and oxygen atoms in total. The quantitative estimate of drug-likeness (QED) is 0.765. The van der Waals surface area contributed by atoms with Gasteiger partial charge in [-0.1, -0.05) is 13.3 Å². The van der Waals surface area contributed by atoms with Gasteiger partial charge in [-0.3, -0.25) is 9.59 Å². The Hall–Kier alpha value is -1.14. The van der Waals surface area contributed by atoms with Crippen molar-refractivity contribution in [3.63, 3.8) is 0 Å². The molecule has 1 amide bonds. The van der Waals surface area contributed by atoms with Crippen LogP contribution in [0.2, 0.25) is 0 Å². The molecule has 2 N–H and O–H groups in total. The molecule has 21 heavy (non-hydrogen) atoms.